The highest BCUT2D eigenvalue weighted by Gasteiger charge is 2.01. The quantitative estimate of drug-likeness (QED) is 0.775. The normalized spacial score (nSPS) is 12.5. The third-order valence-electron chi connectivity index (χ3n) is 2.02. The lowest BCUT2D eigenvalue weighted by atomic mass is 10.3. The van der Waals surface area contributed by atoms with E-state index in [-0.39, 0.29) is 6.10 Å². The Kier molecular flexibility index (Phi) is 5.07. The lowest BCUT2D eigenvalue weighted by Gasteiger charge is -2.11. The van der Waals surface area contributed by atoms with Crippen molar-refractivity contribution in [3.8, 4) is 0 Å². The van der Waals surface area contributed by atoms with Crippen LogP contribution in [-0.4, -0.2) is 31.9 Å². The number of anilines is 1. The zero-order valence-electron chi connectivity index (χ0n) is 9.49. The van der Waals surface area contributed by atoms with Crippen LogP contribution in [0.5, 0.6) is 0 Å². The lowest BCUT2D eigenvalue weighted by Crippen LogP contribution is -2.14. The minimum absolute atomic E-state index is 0.110. The molecule has 15 heavy (non-hydrogen) atoms. The van der Waals surface area contributed by atoms with Gasteiger partial charge in [0.1, 0.15) is 5.82 Å². The zero-order valence-corrected chi connectivity index (χ0v) is 9.49. The van der Waals surface area contributed by atoms with Crippen molar-refractivity contribution < 1.29 is 9.47 Å². The second-order valence-electron chi connectivity index (χ2n) is 3.38. The molecule has 1 aromatic rings. The Morgan fingerprint density at radius 1 is 1.47 bits per heavy atom. The van der Waals surface area contributed by atoms with Crippen molar-refractivity contribution in [2.24, 2.45) is 0 Å². The van der Waals surface area contributed by atoms with Gasteiger partial charge in [-0.15, -0.1) is 0 Å². The van der Waals surface area contributed by atoms with E-state index in [0.29, 0.717) is 13.2 Å². The third-order valence-corrected chi connectivity index (χ3v) is 2.02. The summed E-state index contributed by atoms with van der Waals surface area (Å²) in [5.41, 5.74) is 1.07. The molecule has 4 nitrogen and oxygen atoms in total. The summed E-state index contributed by atoms with van der Waals surface area (Å²) in [6.45, 7) is 3.17. The molecule has 0 saturated heterocycles. The van der Waals surface area contributed by atoms with Gasteiger partial charge in [-0.2, -0.15) is 0 Å². The largest absolute Gasteiger partial charge is 0.382 e. The number of nitrogens with one attached hydrogen (secondary N) is 1. The second kappa shape index (κ2) is 6.37. The van der Waals surface area contributed by atoms with E-state index in [9.17, 15) is 0 Å². The Labute approximate surface area is 90.6 Å². The molecule has 1 N–H and O–H groups in total. The average Bonchev–Trinajstić information content (AvgIpc) is 2.27. The van der Waals surface area contributed by atoms with E-state index in [2.05, 4.69) is 10.3 Å². The van der Waals surface area contributed by atoms with Gasteiger partial charge in [-0.3, -0.25) is 0 Å². The van der Waals surface area contributed by atoms with Gasteiger partial charge in [0.15, 0.2) is 0 Å². The molecule has 0 spiro atoms. The molecule has 0 saturated carbocycles. The van der Waals surface area contributed by atoms with Crippen LogP contribution in [0.25, 0.3) is 0 Å². The fourth-order valence-corrected chi connectivity index (χ4v) is 1.18. The number of rotatable bonds is 6. The zero-order chi connectivity index (χ0) is 11.1. The van der Waals surface area contributed by atoms with Crippen LogP contribution in [0.4, 0.5) is 5.82 Å². The van der Waals surface area contributed by atoms with Crippen LogP contribution in [0.15, 0.2) is 18.3 Å². The smallest absolute Gasteiger partial charge is 0.125 e. The Balaban J connectivity index is 2.37. The molecule has 0 radical (unpaired) electrons. The summed E-state index contributed by atoms with van der Waals surface area (Å²) in [6.07, 6.45) is 1.92. The molecular weight excluding hydrogens is 192 g/mol. The molecule has 1 heterocycles. The van der Waals surface area contributed by atoms with Crippen molar-refractivity contribution >= 4 is 5.82 Å². The van der Waals surface area contributed by atoms with E-state index in [4.69, 9.17) is 9.47 Å². The summed E-state index contributed by atoms with van der Waals surface area (Å²) in [6, 6.07) is 3.93. The van der Waals surface area contributed by atoms with E-state index in [0.717, 1.165) is 11.4 Å². The van der Waals surface area contributed by atoms with Gasteiger partial charge in [0.05, 0.1) is 19.3 Å². The third kappa shape index (κ3) is 4.27. The van der Waals surface area contributed by atoms with Crippen molar-refractivity contribution in [2.75, 3.05) is 26.1 Å². The van der Waals surface area contributed by atoms with Gasteiger partial charge in [-0.05, 0) is 18.6 Å². The number of pyridine rings is 1. The van der Waals surface area contributed by atoms with Gasteiger partial charge in [0, 0.05) is 20.4 Å². The van der Waals surface area contributed by atoms with Crippen molar-refractivity contribution in [1.29, 1.82) is 0 Å². The van der Waals surface area contributed by atoms with Gasteiger partial charge in [0.2, 0.25) is 0 Å². The number of nitrogens with zero attached hydrogens (tertiary/aromatic N) is 1. The highest BCUT2D eigenvalue weighted by atomic mass is 16.5. The van der Waals surface area contributed by atoms with Crippen LogP contribution in [0, 0.1) is 0 Å². The topological polar surface area (TPSA) is 43.4 Å². The van der Waals surface area contributed by atoms with E-state index < -0.39 is 0 Å². The minimum atomic E-state index is 0.110. The number of aromatic nitrogens is 1. The molecule has 0 aliphatic carbocycles. The van der Waals surface area contributed by atoms with E-state index in [1.165, 1.54) is 0 Å². The maximum Gasteiger partial charge on any atom is 0.125 e. The lowest BCUT2D eigenvalue weighted by molar-refractivity contribution is -0.000210. The molecule has 0 aromatic carbocycles. The van der Waals surface area contributed by atoms with Gasteiger partial charge < -0.3 is 14.8 Å². The first kappa shape index (κ1) is 11.9. The Hall–Kier alpha value is -1.13. The van der Waals surface area contributed by atoms with Crippen LogP contribution in [0.1, 0.15) is 12.5 Å². The number of hydrogen-bond acceptors (Lipinski definition) is 4. The van der Waals surface area contributed by atoms with Crippen LogP contribution in [-0.2, 0) is 16.1 Å². The van der Waals surface area contributed by atoms with Crippen molar-refractivity contribution in [1.82, 2.24) is 4.98 Å². The standard InChI is InChI=1S/C11H18N2O2/c1-9(7-14-3)15-8-10-4-5-11(12-2)13-6-10/h4-6,9H,7-8H2,1-3H3,(H,12,13). The van der Waals surface area contributed by atoms with Crippen LogP contribution < -0.4 is 5.32 Å². The van der Waals surface area contributed by atoms with Crippen LogP contribution in [0.2, 0.25) is 0 Å². The Bertz CT molecular complexity index is 274. The second-order valence-corrected chi connectivity index (χ2v) is 3.38. The summed E-state index contributed by atoms with van der Waals surface area (Å²) in [4.78, 5) is 4.20. The molecule has 4 heteroatoms. The van der Waals surface area contributed by atoms with Gasteiger partial charge in [-0.25, -0.2) is 4.98 Å². The molecule has 1 atom stereocenters. The summed E-state index contributed by atoms with van der Waals surface area (Å²) < 4.78 is 10.5. The SMILES string of the molecule is CNc1ccc(COC(C)COC)cn1. The molecule has 0 bridgehead atoms. The molecule has 1 rings (SSSR count). The Morgan fingerprint density at radius 2 is 2.27 bits per heavy atom. The maximum absolute atomic E-state index is 5.56. The van der Waals surface area contributed by atoms with Crippen molar-refractivity contribution in [2.45, 2.75) is 19.6 Å². The molecule has 84 valence electrons. The Morgan fingerprint density at radius 3 is 2.80 bits per heavy atom. The van der Waals surface area contributed by atoms with E-state index in [1.54, 1.807) is 7.11 Å². The van der Waals surface area contributed by atoms with Gasteiger partial charge >= 0.3 is 0 Å². The maximum atomic E-state index is 5.56. The van der Waals surface area contributed by atoms with Crippen LogP contribution >= 0.6 is 0 Å². The predicted octanol–water partition coefficient (Wildman–Crippen LogP) is 1.67. The number of ether oxygens (including phenoxy) is 2. The van der Waals surface area contributed by atoms with E-state index in [1.807, 2.05) is 32.3 Å². The molecule has 1 aromatic heterocycles. The molecule has 0 amide bonds. The van der Waals surface area contributed by atoms with Crippen LogP contribution in [0.3, 0.4) is 0 Å². The molecule has 0 fully saturated rings. The molecule has 0 aliphatic heterocycles. The molecule has 1 unspecified atom stereocenters. The van der Waals surface area contributed by atoms with Gasteiger partial charge in [-0.1, -0.05) is 6.07 Å². The number of hydrogen-bond donors (Lipinski definition) is 1. The average molecular weight is 210 g/mol. The van der Waals surface area contributed by atoms with Crippen molar-refractivity contribution in [3.63, 3.8) is 0 Å². The predicted molar refractivity (Wildman–Crippen MR) is 59.9 cm³/mol. The van der Waals surface area contributed by atoms with E-state index >= 15 is 0 Å². The first-order valence-corrected chi connectivity index (χ1v) is 4.99. The highest BCUT2D eigenvalue weighted by Crippen LogP contribution is 2.06. The summed E-state index contributed by atoms with van der Waals surface area (Å²) >= 11 is 0. The fourth-order valence-electron chi connectivity index (χ4n) is 1.18. The summed E-state index contributed by atoms with van der Waals surface area (Å²) in [7, 11) is 3.52. The minimum Gasteiger partial charge on any atom is -0.382 e. The summed E-state index contributed by atoms with van der Waals surface area (Å²) in [5, 5.41) is 2.97. The molecular formula is C11H18N2O2. The van der Waals surface area contributed by atoms with Crippen molar-refractivity contribution in [3.05, 3.63) is 23.9 Å². The number of methoxy groups -OCH3 is 1. The summed E-state index contributed by atoms with van der Waals surface area (Å²) in [5.74, 6) is 0.865. The van der Waals surface area contributed by atoms with Gasteiger partial charge in [0.25, 0.3) is 0 Å². The first-order valence-electron chi connectivity index (χ1n) is 4.99. The highest BCUT2D eigenvalue weighted by molar-refractivity contribution is 5.34. The molecule has 0 aliphatic rings. The fraction of sp³-hybridized carbons (Fsp3) is 0.545. The first-order chi connectivity index (χ1) is 7.26. The monoisotopic (exact) mass is 210 g/mol.